The highest BCUT2D eigenvalue weighted by Gasteiger charge is 2.33. The number of hydrogen-bond donors (Lipinski definition) is 2. The molecule has 1 atom stereocenters. The van der Waals surface area contributed by atoms with Crippen molar-refractivity contribution in [1.29, 1.82) is 0 Å². The van der Waals surface area contributed by atoms with Crippen LogP contribution in [-0.4, -0.2) is 25.6 Å². The monoisotopic (exact) mass is 449 g/mol. The highest BCUT2D eigenvalue weighted by Crippen LogP contribution is 2.38. The predicted molar refractivity (Wildman–Crippen MR) is 118 cm³/mol. The van der Waals surface area contributed by atoms with Gasteiger partial charge in [0.15, 0.2) is 5.82 Å². The fraction of sp³-hybridized carbons (Fsp3) is 0.348. The van der Waals surface area contributed by atoms with Gasteiger partial charge in [-0.2, -0.15) is 4.98 Å². The summed E-state index contributed by atoms with van der Waals surface area (Å²) in [5.74, 6) is 0.923. The molecule has 10 heteroatoms. The smallest absolute Gasteiger partial charge is 0.335 e. The lowest BCUT2D eigenvalue weighted by Gasteiger charge is -2.18. The summed E-state index contributed by atoms with van der Waals surface area (Å²) in [6, 6.07) is 7.93. The van der Waals surface area contributed by atoms with Gasteiger partial charge in [-0.05, 0) is 37.8 Å². The number of aromatic nitrogens is 4. The number of fused-ring (bicyclic) bond motifs is 1. The Kier molecular flexibility index (Phi) is 4.99. The number of hydrogen-bond acceptors (Lipinski definition) is 7. The van der Waals surface area contributed by atoms with Gasteiger partial charge in [0.1, 0.15) is 17.2 Å². The average molecular weight is 449 g/mol. The van der Waals surface area contributed by atoms with Crippen molar-refractivity contribution in [3.8, 4) is 5.69 Å². The van der Waals surface area contributed by atoms with Crippen molar-refractivity contribution < 1.29 is 13.7 Å². The van der Waals surface area contributed by atoms with Crippen molar-refractivity contribution in [2.45, 2.75) is 45.6 Å². The molecule has 1 aromatic carbocycles. The van der Waals surface area contributed by atoms with Gasteiger partial charge in [-0.1, -0.05) is 37.2 Å². The summed E-state index contributed by atoms with van der Waals surface area (Å²) >= 11 is 0. The van der Waals surface area contributed by atoms with Gasteiger partial charge >= 0.3 is 5.69 Å². The fourth-order valence-electron chi connectivity index (χ4n) is 3.89. The van der Waals surface area contributed by atoms with Crippen LogP contribution in [0.15, 0.2) is 48.9 Å². The molecule has 1 amide bonds. The van der Waals surface area contributed by atoms with Gasteiger partial charge in [-0.15, -0.1) is 0 Å². The normalized spacial score (nSPS) is 14.7. The zero-order chi connectivity index (χ0) is 23.3. The summed E-state index contributed by atoms with van der Waals surface area (Å²) in [4.78, 5) is 46.3. The van der Waals surface area contributed by atoms with Gasteiger partial charge in [-0.3, -0.25) is 14.6 Å². The van der Waals surface area contributed by atoms with Crippen LogP contribution in [0.1, 0.15) is 66.5 Å². The third-order valence-corrected chi connectivity index (χ3v) is 5.79. The molecular formula is C23H23N5O5. The predicted octanol–water partition coefficient (Wildman–Crippen LogP) is 2.97. The van der Waals surface area contributed by atoms with Gasteiger partial charge in [0.05, 0.1) is 11.3 Å². The van der Waals surface area contributed by atoms with Crippen molar-refractivity contribution in [3.63, 3.8) is 0 Å². The molecule has 1 aliphatic rings. The van der Waals surface area contributed by atoms with Gasteiger partial charge in [0, 0.05) is 5.92 Å². The van der Waals surface area contributed by atoms with E-state index in [-0.39, 0.29) is 28.3 Å². The van der Waals surface area contributed by atoms with Crippen LogP contribution in [0.25, 0.3) is 16.8 Å². The van der Waals surface area contributed by atoms with Crippen LogP contribution in [0.3, 0.4) is 0 Å². The van der Waals surface area contributed by atoms with Crippen molar-refractivity contribution in [2.75, 3.05) is 0 Å². The minimum Gasteiger partial charge on any atom is -0.444 e. The highest BCUT2D eigenvalue weighted by atomic mass is 16.5. The number of rotatable bonds is 6. The summed E-state index contributed by atoms with van der Waals surface area (Å²) in [7, 11) is 0. The number of benzene rings is 1. The van der Waals surface area contributed by atoms with Crippen LogP contribution in [0.5, 0.6) is 0 Å². The third kappa shape index (κ3) is 3.67. The lowest BCUT2D eigenvalue weighted by Crippen LogP contribution is -2.36. The van der Waals surface area contributed by atoms with E-state index in [0.717, 1.165) is 17.4 Å². The molecule has 1 saturated carbocycles. The Balaban J connectivity index is 1.57. The van der Waals surface area contributed by atoms with E-state index in [2.05, 4.69) is 20.4 Å². The first-order valence-electron chi connectivity index (χ1n) is 10.8. The van der Waals surface area contributed by atoms with Crippen LogP contribution in [0.4, 0.5) is 0 Å². The minimum absolute atomic E-state index is 0.000146. The number of amides is 1. The SMILES string of the molecule is Cc1oc2[nH]c(=O)n(-c3ccccc3)c(=O)c2c1C(=O)NC(c1nc(C2CC2)no1)C(C)C. The van der Waals surface area contributed by atoms with Crippen molar-refractivity contribution in [3.05, 3.63) is 74.2 Å². The second-order valence-corrected chi connectivity index (χ2v) is 8.60. The van der Waals surface area contributed by atoms with Gasteiger partial charge < -0.3 is 14.3 Å². The number of aryl methyl sites for hydroxylation is 1. The topological polar surface area (TPSA) is 136 Å². The number of carbonyl (C=O) groups excluding carboxylic acids is 1. The maximum Gasteiger partial charge on any atom is 0.335 e. The molecule has 4 aromatic rings. The Morgan fingerprint density at radius 2 is 1.94 bits per heavy atom. The van der Waals surface area contributed by atoms with Crippen LogP contribution in [0, 0.1) is 12.8 Å². The second-order valence-electron chi connectivity index (χ2n) is 8.60. The molecule has 33 heavy (non-hydrogen) atoms. The zero-order valence-electron chi connectivity index (χ0n) is 18.4. The Morgan fingerprint density at radius 1 is 1.21 bits per heavy atom. The van der Waals surface area contributed by atoms with E-state index in [0.29, 0.717) is 23.3 Å². The van der Waals surface area contributed by atoms with Gasteiger partial charge in [0.25, 0.3) is 11.5 Å². The molecule has 170 valence electrons. The number of nitrogens with one attached hydrogen (secondary N) is 2. The van der Waals surface area contributed by atoms with Gasteiger partial charge in [0.2, 0.25) is 11.6 Å². The summed E-state index contributed by atoms with van der Waals surface area (Å²) in [6.45, 7) is 5.42. The maximum absolute atomic E-state index is 13.4. The van der Waals surface area contributed by atoms with Crippen molar-refractivity contribution in [2.24, 2.45) is 5.92 Å². The second kappa shape index (κ2) is 7.88. The number of aromatic amines is 1. The third-order valence-electron chi connectivity index (χ3n) is 5.79. The Bertz CT molecular complexity index is 1460. The molecule has 0 spiro atoms. The summed E-state index contributed by atoms with van der Waals surface area (Å²) in [5, 5.41) is 6.95. The quantitative estimate of drug-likeness (QED) is 0.462. The van der Waals surface area contributed by atoms with E-state index >= 15 is 0 Å². The number of H-pyrrole nitrogens is 1. The molecule has 3 heterocycles. The van der Waals surface area contributed by atoms with E-state index in [9.17, 15) is 14.4 Å². The zero-order valence-corrected chi connectivity index (χ0v) is 18.4. The molecule has 0 saturated heterocycles. The van der Waals surface area contributed by atoms with Gasteiger partial charge in [-0.25, -0.2) is 9.36 Å². The van der Waals surface area contributed by atoms with E-state index in [4.69, 9.17) is 8.94 Å². The minimum atomic E-state index is -0.655. The summed E-state index contributed by atoms with van der Waals surface area (Å²) in [5.41, 5.74) is -0.901. The Hall–Kier alpha value is -3.95. The molecule has 1 unspecified atom stereocenters. The lowest BCUT2D eigenvalue weighted by atomic mass is 10.0. The molecule has 10 nitrogen and oxygen atoms in total. The molecule has 1 aliphatic carbocycles. The molecule has 0 radical (unpaired) electrons. The van der Waals surface area contributed by atoms with E-state index < -0.39 is 23.2 Å². The van der Waals surface area contributed by atoms with E-state index in [1.54, 1.807) is 37.3 Å². The molecule has 3 aromatic heterocycles. The van der Waals surface area contributed by atoms with Crippen LogP contribution < -0.4 is 16.6 Å². The van der Waals surface area contributed by atoms with Crippen LogP contribution in [0.2, 0.25) is 0 Å². The first-order chi connectivity index (χ1) is 15.8. The molecular weight excluding hydrogens is 426 g/mol. The molecule has 1 fully saturated rings. The van der Waals surface area contributed by atoms with E-state index in [1.165, 1.54) is 0 Å². The maximum atomic E-state index is 13.4. The lowest BCUT2D eigenvalue weighted by molar-refractivity contribution is 0.0913. The summed E-state index contributed by atoms with van der Waals surface area (Å²) in [6.07, 6.45) is 2.06. The Labute approximate surface area is 187 Å². The van der Waals surface area contributed by atoms with Crippen LogP contribution in [-0.2, 0) is 0 Å². The first-order valence-corrected chi connectivity index (χ1v) is 10.8. The number of carbonyl (C=O) groups is 1. The first kappa shape index (κ1) is 20.9. The summed E-state index contributed by atoms with van der Waals surface area (Å²) < 4.78 is 12.0. The number of nitrogens with zero attached hydrogens (tertiary/aromatic N) is 3. The van der Waals surface area contributed by atoms with Crippen molar-refractivity contribution >= 4 is 17.0 Å². The molecule has 2 N–H and O–H groups in total. The largest absolute Gasteiger partial charge is 0.444 e. The van der Waals surface area contributed by atoms with E-state index in [1.807, 2.05) is 13.8 Å². The average Bonchev–Trinajstić information content (AvgIpc) is 3.41. The molecule has 5 rings (SSSR count). The number of furan rings is 1. The standard InChI is InChI=1S/C23H23N5O5/c1-11(2)17(21-25-18(27-33-21)13-9-10-13)24-19(29)15-12(3)32-20-16(15)22(30)28(23(31)26-20)14-7-5-4-6-8-14/h4-8,11,13,17H,9-10H2,1-3H3,(H,24,29)(H,26,31). The number of para-hydroxylation sites is 1. The van der Waals surface area contributed by atoms with Crippen molar-refractivity contribution in [1.82, 2.24) is 25.0 Å². The van der Waals surface area contributed by atoms with Crippen LogP contribution >= 0.6 is 0 Å². The Morgan fingerprint density at radius 3 is 2.61 bits per heavy atom. The molecule has 0 bridgehead atoms. The fourth-order valence-corrected chi connectivity index (χ4v) is 3.89. The molecule has 0 aliphatic heterocycles. The highest BCUT2D eigenvalue weighted by molar-refractivity contribution is 6.06.